The Morgan fingerprint density at radius 2 is 1.94 bits per heavy atom. The number of nitrogens with one attached hydrogen (secondary N) is 1. The molecule has 2 rings (SSSR count). The molecule has 1 heterocycles. The van der Waals surface area contributed by atoms with E-state index < -0.39 is 11.9 Å². The van der Waals surface area contributed by atoms with Crippen LogP contribution in [0.15, 0.2) is 36.5 Å². The second-order valence-electron chi connectivity index (χ2n) is 7.04. The van der Waals surface area contributed by atoms with Gasteiger partial charge in [-0.05, 0) is 44.9 Å². The third-order valence-electron chi connectivity index (χ3n) is 4.38. The summed E-state index contributed by atoms with van der Waals surface area (Å²) < 4.78 is 11.6. The molecule has 2 aromatic rings. The van der Waals surface area contributed by atoms with Gasteiger partial charge in [0.25, 0.3) is 0 Å². The first-order valence-electron chi connectivity index (χ1n) is 10.5. The van der Waals surface area contributed by atoms with Crippen LogP contribution in [-0.4, -0.2) is 53.4 Å². The average molecular weight is 448 g/mol. The molecule has 0 amide bonds. The van der Waals surface area contributed by atoms with Crippen LogP contribution >= 0.6 is 0 Å². The normalized spacial score (nSPS) is 11.5. The summed E-state index contributed by atoms with van der Waals surface area (Å²) in [6.45, 7) is 5.69. The molecule has 1 aromatic heterocycles. The number of aliphatic carboxylic acids is 2. The van der Waals surface area contributed by atoms with Crippen LogP contribution in [0.25, 0.3) is 10.9 Å². The second-order valence-corrected chi connectivity index (χ2v) is 7.04. The zero-order valence-corrected chi connectivity index (χ0v) is 18.8. The van der Waals surface area contributed by atoms with Crippen LogP contribution in [0.4, 0.5) is 5.69 Å². The first-order chi connectivity index (χ1) is 15.3. The Hall–Kier alpha value is -3.33. The van der Waals surface area contributed by atoms with E-state index in [-0.39, 0.29) is 0 Å². The van der Waals surface area contributed by atoms with E-state index in [1.165, 1.54) is 0 Å². The molecule has 5 N–H and O–H groups in total. The molecule has 1 atom stereocenters. The maximum absolute atomic E-state index is 9.55. The summed E-state index contributed by atoms with van der Waals surface area (Å²) in [6, 6.07) is 6.25. The fourth-order valence-corrected chi connectivity index (χ4v) is 2.83. The standard InChI is InChI=1S/C19H29N3O2.C4H4O4/c1-4-5-12-24-19-15-9-7-11-21-18(15)16(13-17(19)23-3)22-14(2)8-6-10-20;5-3(6)1-2-4(7)8/h7,9,11,13-14,22H,4-6,8,10,12,20H2,1-3H3;1-2H,(H,5,6)(H,7,8). The average Bonchev–Trinajstić information content (AvgIpc) is 2.77. The van der Waals surface area contributed by atoms with Gasteiger partial charge in [-0.1, -0.05) is 13.3 Å². The maximum atomic E-state index is 9.55. The van der Waals surface area contributed by atoms with Crippen molar-refractivity contribution in [1.29, 1.82) is 0 Å². The molecular weight excluding hydrogens is 414 g/mol. The van der Waals surface area contributed by atoms with Gasteiger partial charge in [-0.15, -0.1) is 0 Å². The number of hydrogen-bond acceptors (Lipinski definition) is 7. The highest BCUT2D eigenvalue weighted by Crippen LogP contribution is 2.39. The number of fused-ring (bicyclic) bond motifs is 1. The van der Waals surface area contributed by atoms with Crippen molar-refractivity contribution in [3.63, 3.8) is 0 Å². The van der Waals surface area contributed by atoms with Gasteiger partial charge in [-0.2, -0.15) is 0 Å². The molecule has 0 aliphatic heterocycles. The van der Waals surface area contributed by atoms with E-state index in [0.29, 0.717) is 31.3 Å². The second kappa shape index (κ2) is 14.6. The molecule has 0 spiro atoms. The lowest BCUT2D eigenvalue weighted by Crippen LogP contribution is -2.17. The number of nitrogens with two attached hydrogens (primary N) is 1. The minimum atomic E-state index is -1.26. The monoisotopic (exact) mass is 447 g/mol. The third-order valence-corrected chi connectivity index (χ3v) is 4.38. The molecule has 1 aromatic carbocycles. The Bertz CT molecular complexity index is 885. The van der Waals surface area contributed by atoms with Gasteiger partial charge in [-0.25, -0.2) is 9.59 Å². The topological polar surface area (TPSA) is 144 Å². The number of unbranched alkanes of at least 4 members (excludes halogenated alkanes) is 1. The van der Waals surface area contributed by atoms with Gasteiger partial charge >= 0.3 is 11.9 Å². The predicted octanol–water partition coefficient (Wildman–Crippen LogP) is 3.67. The Morgan fingerprint density at radius 1 is 1.25 bits per heavy atom. The van der Waals surface area contributed by atoms with Crippen molar-refractivity contribution in [2.45, 2.75) is 45.6 Å². The van der Waals surface area contributed by atoms with Crippen molar-refractivity contribution in [2.24, 2.45) is 5.73 Å². The van der Waals surface area contributed by atoms with Gasteiger partial charge in [0, 0.05) is 35.8 Å². The smallest absolute Gasteiger partial charge is 0.328 e. The molecule has 0 aliphatic carbocycles. The molecule has 0 aliphatic rings. The lowest BCUT2D eigenvalue weighted by Gasteiger charge is -2.19. The Labute approximate surface area is 188 Å². The molecule has 1 unspecified atom stereocenters. The van der Waals surface area contributed by atoms with Crippen molar-refractivity contribution in [1.82, 2.24) is 4.98 Å². The highest BCUT2D eigenvalue weighted by molar-refractivity contribution is 5.97. The van der Waals surface area contributed by atoms with Crippen molar-refractivity contribution in [3.8, 4) is 11.5 Å². The highest BCUT2D eigenvalue weighted by atomic mass is 16.5. The number of ether oxygens (including phenoxy) is 2. The molecule has 9 nitrogen and oxygen atoms in total. The molecule has 32 heavy (non-hydrogen) atoms. The number of anilines is 1. The summed E-state index contributed by atoms with van der Waals surface area (Å²) in [5.41, 5.74) is 7.48. The summed E-state index contributed by atoms with van der Waals surface area (Å²) in [5, 5.41) is 20.1. The lowest BCUT2D eigenvalue weighted by molar-refractivity contribution is -0.134. The molecular formula is C23H33N3O6. The number of rotatable bonds is 12. The van der Waals surface area contributed by atoms with Gasteiger partial charge < -0.3 is 30.7 Å². The largest absolute Gasteiger partial charge is 0.493 e. The zero-order valence-electron chi connectivity index (χ0n) is 18.8. The van der Waals surface area contributed by atoms with Crippen LogP contribution in [-0.2, 0) is 9.59 Å². The van der Waals surface area contributed by atoms with Crippen LogP contribution in [0.3, 0.4) is 0 Å². The minimum Gasteiger partial charge on any atom is -0.493 e. The molecule has 0 saturated carbocycles. The SMILES string of the molecule is CCCCOc1c(OC)cc(NC(C)CCCN)c2ncccc12.O=C(O)C=CC(=O)O. The highest BCUT2D eigenvalue weighted by Gasteiger charge is 2.16. The van der Waals surface area contributed by atoms with Gasteiger partial charge in [0.15, 0.2) is 11.5 Å². The zero-order chi connectivity index (χ0) is 23.9. The predicted molar refractivity (Wildman–Crippen MR) is 124 cm³/mol. The number of carboxylic acids is 2. The summed E-state index contributed by atoms with van der Waals surface area (Å²) >= 11 is 0. The molecule has 0 radical (unpaired) electrons. The van der Waals surface area contributed by atoms with Crippen LogP contribution in [0.2, 0.25) is 0 Å². The number of carbonyl (C=O) groups is 2. The van der Waals surface area contributed by atoms with Crippen LogP contribution < -0.4 is 20.5 Å². The summed E-state index contributed by atoms with van der Waals surface area (Å²) in [5.74, 6) is -1.01. The molecule has 0 fully saturated rings. The van der Waals surface area contributed by atoms with Gasteiger partial charge in [0.05, 0.1) is 24.9 Å². The number of hydrogen-bond donors (Lipinski definition) is 4. The van der Waals surface area contributed by atoms with Crippen LogP contribution in [0.5, 0.6) is 11.5 Å². The van der Waals surface area contributed by atoms with Crippen molar-refractivity contribution < 1.29 is 29.3 Å². The summed E-state index contributed by atoms with van der Waals surface area (Å²) in [7, 11) is 1.67. The Balaban J connectivity index is 0.000000547. The number of carboxylic acid groups (broad SMARTS) is 2. The van der Waals surface area contributed by atoms with E-state index in [1.54, 1.807) is 13.3 Å². The summed E-state index contributed by atoms with van der Waals surface area (Å²) in [6.07, 6.45) is 7.04. The van der Waals surface area contributed by atoms with Gasteiger partial charge in [0.2, 0.25) is 0 Å². The van der Waals surface area contributed by atoms with E-state index in [9.17, 15) is 9.59 Å². The van der Waals surface area contributed by atoms with Crippen LogP contribution in [0.1, 0.15) is 39.5 Å². The van der Waals surface area contributed by atoms with E-state index in [1.807, 2.05) is 18.2 Å². The first-order valence-corrected chi connectivity index (χ1v) is 10.5. The number of aromatic nitrogens is 1. The quantitative estimate of drug-likeness (QED) is 0.283. The number of benzene rings is 1. The summed E-state index contributed by atoms with van der Waals surface area (Å²) in [4.78, 5) is 23.7. The molecule has 9 heteroatoms. The van der Waals surface area contributed by atoms with Gasteiger partial charge in [0.1, 0.15) is 0 Å². The number of nitrogens with zero attached hydrogens (tertiary/aromatic N) is 1. The fraction of sp³-hybridized carbons (Fsp3) is 0.435. The third kappa shape index (κ3) is 9.22. The van der Waals surface area contributed by atoms with E-state index >= 15 is 0 Å². The number of pyridine rings is 1. The number of methoxy groups -OCH3 is 1. The fourth-order valence-electron chi connectivity index (χ4n) is 2.83. The van der Waals surface area contributed by atoms with E-state index in [4.69, 9.17) is 25.4 Å². The maximum Gasteiger partial charge on any atom is 0.328 e. The Kier molecular flexibility index (Phi) is 12.2. The van der Waals surface area contributed by atoms with E-state index in [2.05, 4.69) is 24.1 Å². The molecule has 0 saturated heterocycles. The van der Waals surface area contributed by atoms with Crippen molar-refractivity contribution >= 4 is 28.5 Å². The minimum absolute atomic E-state index is 0.315. The first kappa shape index (κ1) is 26.7. The molecule has 176 valence electrons. The van der Waals surface area contributed by atoms with Gasteiger partial charge in [-0.3, -0.25) is 4.98 Å². The molecule has 0 bridgehead atoms. The Morgan fingerprint density at radius 3 is 2.50 bits per heavy atom. The van der Waals surface area contributed by atoms with Crippen LogP contribution in [0, 0.1) is 0 Å². The van der Waals surface area contributed by atoms with Crippen molar-refractivity contribution in [3.05, 3.63) is 36.5 Å². The van der Waals surface area contributed by atoms with E-state index in [0.717, 1.165) is 53.8 Å². The lowest BCUT2D eigenvalue weighted by atomic mass is 10.1. The van der Waals surface area contributed by atoms with Crippen molar-refractivity contribution in [2.75, 3.05) is 25.6 Å².